The molecule has 2 N–H and O–H groups in total. The van der Waals surface area contributed by atoms with Gasteiger partial charge in [0.05, 0.1) is 9.79 Å². The van der Waals surface area contributed by atoms with Crippen LogP contribution in [0.4, 0.5) is 0 Å². The molecule has 26 heavy (non-hydrogen) atoms. The van der Waals surface area contributed by atoms with E-state index in [0.29, 0.717) is 23.8 Å². The van der Waals surface area contributed by atoms with Gasteiger partial charge >= 0.3 is 0 Å². The quantitative estimate of drug-likeness (QED) is 0.682. The lowest BCUT2D eigenvalue weighted by Gasteiger charge is -2.18. The zero-order valence-electron chi connectivity index (χ0n) is 15.1. The molecule has 0 atom stereocenters. The molecule has 8 heteroatoms. The molecule has 0 amide bonds. The summed E-state index contributed by atoms with van der Waals surface area (Å²) in [6, 6.07) is 3.99. The fourth-order valence-electron chi connectivity index (χ4n) is 3.31. The molecule has 2 aromatic carbocycles. The highest BCUT2D eigenvalue weighted by Crippen LogP contribution is 2.34. The third kappa shape index (κ3) is 4.25. The summed E-state index contributed by atoms with van der Waals surface area (Å²) >= 11 is 0. The largest absolute Gasteiger partial charge is 0.294 e. The van der Waals surface area contributed by atoms with E-state index in [1.807, 2.05) is 13.8 Å². The SMILES string of the molecule is CCCCc1c(C)c(S(=O)(=O)O)cc2cc(S(=O)(=O)O)cc(CCC)c12. The highest BCUT2D eigenvalue weighted by atomic mass is 32.2. The summed E-state index contributed by atoms with van der Waals surface area (Å²) in [7, 11) is -8.89. The minimum absolute atomic E-state index is 0.231. The minimum Gasteiger partial charge on any atom is -0.282 e. The Balaban J connectivity index is 3.01. The Kier molecular flexibility index (Phi) is 6.12. The third-order valence-electron chi connectivity index (χ3n) is 4.51. The highest BCUT2D eigenvalue weighted by Gasteiger charge is 2.22. The molecule has 0 saturated carbocycles. The van der Waals surface area contributed by atoms with Crippen molar-refractivity contribution in [2.45, 2.75) is 62.7 Å². The fraction of sp³-hybridized carbons (Fsp3) is 0.444. The molecule has 0 aliphatic rings. The van der Waals surface area contributed by atoms with Gasteiger partial charge in [-0.2, -0.15) is 16.8 Å². The standard InChI is InChI=1S/C18H24O6S2/c1-4-6-8-16-12(3)17(26(22,23)24)11-14-10-15(25(19,20)21)9-13(7-5-2)18(14)16/h9-11H,4-8H2,1-3H3,(H,19,20,21)(H,22,23,24). The number of unbranched alkanes of at least 4 members (excludes halogenated alkanes) is 1. The number of rotatable bonds is 7. The van der Waals surface area contributed by atoms with Gasteiger partial charge in [0.2, 0.25) is 0 Å². The van der Waals surface area contributed by atoms with Crippen LogP contribution in [0.15, 0.2) is 28.0 Å². The maximum atomic E-state index is 11.8. The van der Waals surface area contributed by atoms with E-state index in [4.69, 9.17) is 0 Å². The van der Waals surface area contributed by atoms with Gasteiger partial charge in [0.15, 0.2) is 0 Å². The van der Waals surface area contributed by atoms with E-state index in [1.165, 1.54) is 18.2 Å². The summed E-state index contributed by atoms with van der Waals surface area (Å²) in [6.45, 7) is 5.63. The van der Waals surface area contributed by atoms with Gasteiger partial charge in [-0.3, -0.25) is 9.11 Å². The van der Waals surface area contributed by atoms with Crippen molar-refractivity contribution in [3.63, 3.8) is 0 Å². The maximum Gasteiger partial charge on any atom is 0.294 e. The zero-order chi connectivity index (χ0) is 19.7. The second-order valence-electron chi connectivity index (χ2n) is 6.46. The smallest absolute Gasteiger partial charge is 0.282 e. The van der Waals surface area contributed by atoms with Crippen molar-refractivity contribution in [2.24, 2.45) is 0 Å². The van der Waals surface area contributed by atoms with E-state index in [0.717, 1.165) is 35.8 Å². The molecule has 0 unspecified atom stereocenters. The molecule has 6 nitrogen and oxygen atoms in total. The second kappa shape index (κ2) is 7.64. The normalized spacial score (nSPS) is 12.7. The van der Waals surface area contributed by atoms with Crippen LogP contribution in [0.5, 0.6) is 0 Å². The Hall–Kier alpha value is -1.48. The van der Waals surface area contributed by atoms with Crippen LogP contribution in [0, 0.1) is 6.92 Å². The van der Waals surface area contributed by atoms with Gasteiger partial charge in [0.25, 0.3) is 20.2 Å². The Morgan fingerprint density at radius 1 is 0.885 bits per heavy atom. The van der Waals surface area contributed by atoms with Gasteiger partial charge in [0.1, 0.15) is 0 Å². The molecule has 0 bridgehead atoms. The van der Waals surface area contributed by atoms with Crippen LogP contribution in [0.2, 0.25) is 0 Å². The number of aryl methyl sites for hydroxylation is 2. The van der Waals surface area contributed by atoms with E-state index < -0.39 is 20.2 Å². The number of hydrogen-bond donors (Lipinski definition) is 2. The van der Waals surface area contributed by atoms with Crippen molar-refractivity contribution >= 4 is 31.0 Å². The van der Waals surface area contributed by atoms with Crippen LogP contribution in [0.1, 0.15) is 49.8 Å². The van der Waals surface area contributed by atoms with Gasteiger partial charge in [-0.25, -0.2) is 0 Å². The molecule has 2 rings (SSSR count). The Labute approximate surface area is 154 Å². The van der Waals surface area contributed by atoms with E-state index in [-0.39, 0.29) is 9.79 Å². The van der Waals surface area contributed by atoms with E-state index in [1.54, 1.807) is 6.92 Å². The van der Waals surface area contributed by atoms with Crippen LogP contribution in [-0.2, 0) is 33.1 Å². The molecule has 2 aromatic rings. The van der Waals surface area contributed by atoms with Crippen molar-refractivity contribution in [2.75, 3.05) is 0 Å². The van der Waals surface area contributed by atoms with E-state index in [9.17, 15) is 25.9 Å². The Bertz CT molecular complexity index is 1040. The third-order valence-corrected chi connectivity index (χ3v) is 6.32. The van der Waals surface area contributed by atoms with E-state index in [2.05, 4.69) is 0 Å². The predicted octanol–water partition coefficient (Wildman–Crippen LogP) is 3.94. The molecule has 0 spiro atoms. The van der Waals surface area contributed by atoms with Crippen molar-refractivity contribution in [1.29, 1.82) is 0 Å². The fourth-order valence-corrected chi connectivity index (χ4v) is 4.67. The number of hydrogen-bond acceptors (Lipinski definition) is 4. The Morgan fingerprint density at radius 3 is 2.04 bits per heavy atom. The second-order valence-corrected chi connectivity index (χ2v) is 9.27. The first-order valence-electron chi connectivity index (χ1n) is 8.54. The lowest BCUT2D eigenvalue weighted by Crippen LogP contribution is -2.07. The average molecular weight is 401 g/mol. The van der Waals surface area contributed by atoms with Crippen molar-refractivity contribution in [3.05, 3.63) is 34.9 Å². The molecule has 0 saturated heterocycles. The van der Waals surface area contributed by atoms with Gasteiger partial charge in [-0.15, -0.1) is 0 Å². The maximum absolute atomic E-state index is 11.8. The first kappa shape index (κ1) is 20.8. The molecular formula is C18H24O6S2. The van der Waals surface area contributed by atoms with E-state index >= 15 is 0 Å². The first-order chi connectivity index (χ1) is 12.0. The van der Waals surface area contributed by atoms with Crippen LogP contribution in [0.3, 0.4) is 0 Å². The van der Waals surface area contributed by atoms with Crippen molar-refractivity contribution in [3.8, 4) is 0 Å². The summed E-state index contributed by atoms with van der Waals surface area (Å²) in [5.74, 6) is 0. The molecule has 0 aliphatic heterocycles. The zero-order valence-corrected chi connectivity index (χ0v) is 16.7. The molecule has 0 fully saturated rings. The predicted molar refractivity (Wildman–Crippen MR) is 101 cm³/mol. The molecular weight excluding hydrogens is 376 g/mol. The molecule has 0 aliphatic carbocycles. The van der Waals surface area contributed by atoms with Gasteiger partial charge in [-0.05, 0) is 71.8 Å². The monoisotopic (exact) mass is 400 g/mol. The summed E-state index contributed by atoms with van der Waals surface area (Å²) in [4.78, 5) is -0.508. The summed E-state index contributed by atoms with van der Waals surface area (Å²) in [5.41, 5.74) is 2.02. The summed E-state index contributed by atoms with van der Waals surface area (Å²) in [6.07, 6.45) is 3.70. The van der Waals surface area contributed by atoms with Crippen molar-refractivity contribution in [1.82, 2.24) is 0 Å². The van der Waals surface area contributed by atoms with Crippen LogP contribution in [0.25, 0.3) is 10.8 Å². The lowest BCUT2D eigenvalue weighted by molar-refractivity contribution is 0.481. The minimum atomic E-state index is -4.46. The lowest BCUT2D eigenvalue weighted by atomic mass is 9.91. The first-order valence-corrected chi connectivity index (χ1v) is 11.4. The van der Waals surface area contributed by atoms with Gasteiger partial charge < -0.3 is 0 Å². The summed E-state index contributed by atoms with van der Waals surface area (Å²) in [5, 5.41) is 1.19. The van der Waals surface area contributed by atoms with Gasteiger partial charge in [-0.1, -0.05) is 26.7 Å². The summed E-state index contributed by atoms with van der Waals surface area (Å²) < 4.78 is 65.9. The van der Waals surface area contributed by atoms with Crippen LogP contribution in [-0.4, -0.2) is 25.9 Å². The average Bonchev–Trinajstić information content (AvgIpc) is 2.51. The highest BCUT2D eigenvalue weighted by molar-refractivity contribution is 7.86. The number of fused-ring (bicyclic) bond motifs is 1. The topological polar surface area (TPSA) is 109 Å². The van der Waals surface area contributed by atoms with Crippen LogP contribution < -0.4 is 0 Å². The molecule has 0 radical (unpaired) electrons. The van der Waals surface area contributed by atoms with Crippen LogP contribution >= 0.6 is 0 Å². The molecule has 0 heterocycles. The molecule has 0 aromatic heterocycles. The van der Waals surface area contributed by atoms with Gasteiger partial charge in [0, 0.05) is 0 Å². The van der Waals surface area contributed by atoms with Crippen molar-refractivity contribution < 1.29 is 25.9 Å². The molecule has 144 valence electrons. The Morgan fingerprint density at radius 2 is 1.54 bits per heavy atom. The number of benzene rings is 2.